The number of aryl methyl sites for hydroxylation is 1. The molecule has 0 saturated carbocycles. The summed E-state index contributed by atoms with van der Waals surface area (Å²) in [5, 5.41) is 10.1. The van der Waals surface area contributed by atoms with Crippen LogP contribution in [0, 0.1) is 6.92 Å². The first kappa shape index (κ1) is 20.2. The minimum atomic E-state index is 0. The van der Waals surface area contributed by atoms with Crippen LogP contribution in [-0.2, 0) is 13.0 Å². The molecule has 4 aromatic rings. The van der Waals surface area contributed by atoms with Gasteiger partial charge in [-0.15, -0.1) is 23.7 Å². The van der Waals surface area contributed by atoms with E-state index in [1.807, 2.05) is 35.6 Å². The van der Waals surface area contributed by atoms with Crippen LogP contribution in [0.5, 0.6) is 0 Å². The third kappa shape index (κ3) is 4.13. The molecule has 2 aromatic heterocycles. The molecule has 1 aliphatic rings. The maximum absolute atomic E-state index is 5.35. The maximum Gasteiger partial charge on any atom is 0.177 e. The largest absolute Gasteiger partial charge is 0.367 e. The summed E-state index contributed by atoms with van der Waals surface area (Å²) in [5.41, 5.74) is 3.77. The van der Waals surface area contributed by atoms with Crippen LogP contribution >= 0.6 is 23.7 Å². The van der Waals surface area contributed by atoms with Crippen molar-refractivity contribution in [3.63, 3.8) is 0 Å². The van der Waals surface area contributed by atoms with E-state index in [9.17, 15) is 0 Å². The molecule has 152 valence electrons. The van der Waals surface area contributed by atoms with Gasteiger partial charge in [0, 0.05) is 29.2 Å². The zero-order valence-corrected chi connectivity index (χ0v) is 18.2. The van der Waals surface area contributed by atoms with E-state index in [0.717, 1.165) is 42.8 Å². The SMILES string of the molecule is Cc1ccc2sc3c(c2c1)CN(CCCCNc1noc2ccccc12)CC3.Cl. The molecule has 0 atom stereocenters. The molecular weight excluding hydrogens is 402 g/mol. The zero-order valence-electron chi connectivity index (χ0n) is 16.6. The Hall–Kier alpha value is -2.08. The second-order valence-corrected chi connectivity index (χ2v) is 8.83. The Kier molecular flexibility index (Phi) is 6.09. The summed E-state index contributed by atoms with van der Waals surface area (Å²) in [7, 11) is 0. The Morgan fingerprint density at radius 2 is 2.03 bits per heavy atom. The average molecular weight is 428 g/mol. The van der Waals surface area contributed by atoms with Gasteiger partial charge in [0.1, 0.15) is 0 Å². The van der Waals surface area contributed by atoms with Crippen LogP contribution in [0.3, 0.4) is 0 Å². The molecule has 0 saturated heterocycles. The Bertz CT molecular complexity index is 1120. The molecule has 2 aromatic carbocycles. The van der Waals surface area contributed by atoms with Gasteiger partial charge >= 0.3 is 0 Å². The second kappa shape index (κ2) is 8.74. The molecule has 0 aliphatic carbocycles. The minimum Gasteiger partial charge on any atom is -0.367 e. The number of hydrogen-bond donors (Lipinski definition) is 1. The fraction of sp³-hybridized carbons (Fsp3) is 0.348. The number of nitrogens with zero attached hydrogens (tertiary/aromatic N) is 2. The highest BCUT2D eigenvalue weighted by molar-refractivity contribution is 7.19. The fourth-order valence-corrected chi connectivity index (χ4v) is 5.31. The number of nitrogens with one attached hydrogen (secondary N) is 1. The van der Waals surface area contributed by atoms with Crippen molar-refractivity contribution in [2.75, 3.05) is 25.0 Å². The third-order valence-electron chi connectivity index (χ3n) is 5.64. The first-order valence-electron chi connectivity index (χ1n) is 10.1. The molecule has 1 aliphatic heterocycles. The Morgan fingerprint density at radius 3 is 2.97 bits per heavy atom. The molecule has 1 N–H and O–H groups in total. The normalized spacial score (nSPS) is 14.1. The van der Waals surface area contributed by atoms with Crippen molar-refractivity contribution < 1.29 is 4.52 Å². The highest BCUT2D eigenvalue weighted by Crippen LogP contribution is 2.35. The second-order valence-electron chi connectivity index (χ2n) is 7.69. The topological polar surface area (TPSA) is 41.3 Å². The molecule has 3 heterocycles. The number of halogens is 1. The Morgan fingerprint density at radius 1 is 1.14 bits per heavy atom. The van der Waals surface area contributed by atoms with Gasteiger partial charge in [-0.1, -0.05) is 35.0 Å². The van der Waals surface area contributed by atoms with E-state index in [2.05, 4.69) is 40.5 Å². The molecule has 4 nitrogen and oxygen atoms in total. The highest BCUT2D eigenvalue weighted by Gasteiger charge is 2.20. The van der Waals surface area contributed by atoms with Gasteiger partial charge in [0.15, 0.2) is 11.4 Å². The van der Waals surface area contributed by atoms with Crippen LogP contribution in [0.15, 0.2) is 47.0 Å². The number of para-hydroxylation sites is 1. The van der Waals surface area contributed by atoms with Crippen molar-refractivity contribution in [2.45, 2.75) is 32.7 Å². The fourth-order valence-electron chi connectivity index (χ4n) is 4.12. The highest BCUT2D eigenvalue weighted by atomic mass is 35.5. The van der Waals surface area contributed by atoms with Crippen molar-refractivity contribution in [2.24, 2.45) is 0 Å². The molecule has 0 fully saturated rings. The van der Waals surface area contributed by atoms with Gasteiger partial charge in [-0.3, -0.25) is 4.90 Å². The summed E-state index contributed by atoms with van der Waals surface area (Å²) in [4.78, 5) is 4.21. The third-order valence-corrected chi connectivity index (χ3v) is 6.91. The van der Waals surface area contributed by atoms with Crippen LogP contribution in [-0.4, -0.2) is 29.7 Å². The summed E-state index contributed by atoms with van der Waals surface area (Å²) in [6.07, 6.45) is 3.52. The van der Waals surface area contributed by atoms with Gasteiger partial charge in [-0.05, 0) is 61.9 Å². The molecule has 0 spiro atoms. The van der Waals surface area contributed by atoms with Crippen LogP contribution in [0.2, 0.25) is 0 Å². The number of unbranched alkanes of at least 4 members (excludes halogenated alkanes) is 1. The standard InChI is InChI=1S/C23H25N3OS.ClH/c1-16-8-9-21-18(14-16)19-15-26(13-10-22(19)28-21)12-5-4-11-24-23-17-6-2-3-7-20(17)27-25-23;/h2-3,6-9,14H,4-5,10-13,15H2,1H3,(H,24,25);1H. The lowest BCUT2D eigenvalue weighted by molar-refractivity contribution is 0.253. The molecule has 6 heteroatoms. The number of aromatic nitrogens is 1. The van der Waals surface area contributed by atoms with Crippen LogP contribution < -0.4 is 5.32 Å². The van der Waals surface area contributed by atoms with Crippen molar-refractivity contribution >= 4 is 50.6 Å². The number of fused-ring (bicyclic) bond motifs is 4. The summed E-state index contributed by atoms with van der Waals surface area (Å²) >= 11 is 1.99. The van der Waals surface area contributed by atoms with Gasteiger partial charge in [0.05, 0.1) is 5.39 Å². The number of rotatable bonds is 6. The smallest absolute Gasteiger partial charge is 0.177 e. The first-order valence-corrected chi connectivity index (χ1v) is 10.9. The molecule has 0 bridgehead atoms. The lowest BCUT2D eigenvalue weighted by Gasteiger charge is -2.27. The van der Waals surface area contributed by atoms with Crippen molar-refractivity contribution in [3.05, 3.63) is 58.5 Å². The molecule has 0 radical (unpaired) electrons. The van der Waals surface area contributed by atoms with E-state index >= 15 is 0 Å². The summed E-state index contributed by atoms with van der Waals surface area (Å²) in [5.74, 6) is 0.860. The summed E-state index contributed by atoms with van der Waals surface area (Å²) in [6, 6.07) is 14.9. The monoisotopic (exact) mass is 427 g/mol. The average Bonchev–Trinajstić information content (AvgIpc) is 3.29. The molecule has 29 heavy (non-hydrogen) atoms. The van der Waals surface area contributed by atoms with E-state index < -0.39 is 0 Å². The molecular formula is C23H26ClN3OS. The van der Waals surface area contributed by atoms with Gasteiger partial charge in [0.25, 0.3) is 0 Å². The van der Waals surface area contributed by atoms with Crippen molar-refractivity contribution in [1.82, 2.24) is 10.1 Å². The first-order chi connectivity index (χ1) is 13.8. The Balaban J connectivity index is 0.00000205. The quantitative estimate of drug-likeness (QED) is 0.382. The van der Waals surface area contributed by atoms with Crippen molar-refractivity contribution in [1.29, 1.82) is 0 Å². The van der Waals surface area contributed by atoms with Crippen LogP contribution in [0.4, 0.5) is 5.82 Å². The van der Waals surface area contributed by atoms with E-state index in [1.165, 1.54) is 35.0 Å². The predicted molar refractivity (Wildman–Crippen MR) is 125 cm³/mol. The van der Waals surface area contributed by atoms with E-state index in [0.29, 0.717) is 0 Å². The van der Waals surface area contributed by atoms with E-state index in [4.69, 9.17) is 4.52 Å². The van der Waals surface area contributed by atoms with Gasteiger partial charge in [-0.2, -0.15) is 0 Å². The van der Waals surface area contributed by atoms with E-state index in [1.54, 1.807) is 10.4 Å². The van der Waals surface area contributed by atoms with Gasteiger partial charge in [-0.25, -0.2) is 0 Å². The number of thiophene rings is 1. The van der Waals surface area contributed by atoms with E-state index in [-0.39, 0.29) is 12.4 Å². The minimum absolute atomic E-state index is 0. The Labute approximate surface area is 181 Å². The maximum atomic E-state index is 5.35. The number of hydrogen-bond acceptors (Lipinski definition) is 5. The molecule has 0 unspecified atom stereocenters. The van der Waals surface area contributed by atoms with Gasteiger partial charge < -0.3 is 9.84 Å². The zero-order chi connectivity index (χ0) is 18.9. The lowest BCUT2D eigenvalue weighted by atomic mass is 10.0. The number of benzene rings is 2. The summed E-state index contributed by atoms with van der Waals surface area (Å²) < 4.78 is 6.80. The summed E-state index contributed by atoms with van der Waals surface area (Å²) in [6.45, 7) is 6.55. The van der Waals surface area contributed by atoms with Crippen LogP contribution in [0.1, 0.15) is 28.8 Å². The molecule has 5 rings (SSSR count). The molecule has 0 amide bonds. The number of anilines is 1. The van der Waals surface area contributed by atoms with Gasteiger partial charge in [0.2, 0.25) is 0 Å². The predicted octanol–water partition coefficient (Wildman–Crippen LogP) is 6.02. The van der Waals surface area contributed by atoms with Crippen molar-refractivity contribution in [3.8, 4) is 0 Å². The lowest BCUT2D eigenvalue weighted by Crippen LogP contribution is -2.30. The van der Waals surface area contributed by atoms with Crippen LogP contribution in [0.25, 0.3) is 21.1 Å².